The quantitative estimate of drug-likeness (QED) is 0.766. The van der Waals surface area contributed by atoms with Crippen molar-refractivity contribution in [3.8, 4) is 5.75 Å². The molecule has 1 aliphatic rings. The molecule has 1 saturated carbocycles. The van der Waals surface area contributed by atoms with Gasteiger partial charge in [0.2, 0.25) is 0 Å². The Balaban J connectivity index is 1.84. The fraction of sp³-hybridized carbons (Fsp3) is 0.562. The number of para-hydroxylation sites is 2. The maximum Gasteiger partial charge on any atom is 0.422 e. The molecule has 2 atom stereocenters. The fourth-order valence-corrected chi connectivity index (χ4v) is 2.71. The Hall–Kier alpha value is -1.96. The van der Waals surface area contributed by atoms with Gasteiger partial charge in [-0.3, -0.25) is 0 Å². The SMILES string of the molecule is O=C(NCC1CCCC(O)C1)Nc1ccccc1OCC(F)(F)F. The van der Waals surface area contributed by atoms with E-state index >= 15 is 0 Å². The van der Waals surface area contributed by atoms with E-state index in [4.69, 9.17) is 4.74 Å². The molecule has 2 unspecified atom stereocenters. The first-order chi connectivity index (χ1) is 11.3. The lowest BCUT2D eigenvalue weighted by molar-refractivity contribution is -0.153. The van der Waals surface area contributed by atoms with Gasteiger partial charge in [0.25, 0.3) is 0 Å². The second-order valence-corrected chi connectivity index (χ2v) is 5.92. The maximum absolute atomic E-state index is 12.2. The number of halogens is 3. The molecule has 0 bridgehead atoms. The highest BCUT2D eigenvalue weighted by atomic mass is 19.4. The zero-order valence-corrected chi connectivity index (χ0v) is 13.1. The van der Waals surface area contributed by atoms with E-state index < -0.39 is 18.8 Å². The van der Waals surface area contributed by atoms with E-state index in [0.29, 0.717) is 13.0 Å². The third-order valence-electron chi connectivity index (χ3n) is 3.83. The molecular formula is C16H21F3N2O3. The number of carbonyl (C=O) groups is 1. The first-order valence-corrected chi connectivity index (χ1v) is 7.85. The number of anilines is 1. The number of aliphatic hydroxyl groups is 1. The molecule has 0 heterocycles. The minimum absolute atomic E-state index is 0.0435. The highest BCUT2D eigenvalue weighted by molar-refractivity contribution is 5.90. The van der Waals surface area contributed by atoms with E-state index in [1.165, 1.54) is 18.2 Å². The molecule has 24 heavy (non-hydrogen) atoms. The molecule has 1 fully saturated rings. The summed E-state index contributed by atoms with van der Waals surface area (Å²) in [6, 6.07) is 5.43. The molecule has 2 rings (SSSR count). The summed E-state index contributed by atoms with van der Waals surface area (Å²) >= 11 is 0. The van der Waals surface area contributed by atoms with Crippen LogP contribution in [0.15, 0.2) is 24.3 Å². The monoisotopic (exact) mass is 346 g/mol. The lowest BCUT2D eigenvalue weighted by Gasteiger charge is -2.26. The first-order valence-electron chi connectivity index (χ1n) is 7.85. The fourth-order valence-electron chi connectivity index (χ4n) is 2.71. The van der Waals surface area contributed by atoms with Crippen molar-refractivity contribution < 1.29 is 27.8 Å². The summed E-state index contributed by atoms with van der Waals surface area (Å²) in [5.74, 6) is 0.161. The summed E-state index contributed by atoms with van der Waals surface area (Å²) in [5.41, 5.74) is 0.169. The third-order valence-corrected chi connectivity index (χ3v) is 3.83. The molecule has 8 heteroatoms. The van der Waals surface area contributed by atoms with Crippen molar-refractivity contribution in [2.24, 2.45) is 5.92 Å². The van der Waals surface area contributed by atoms with Gasteiger partial charge in [0.1, 0.15) is 5.75 Å². The van der Waals surface area contributed by atoms with Crippen LogP contribution < -0.4 is 15.4 Å². The molecule has 1 aliphatic carbocycles. The molecule has 1 aromatic carbocycles. The van der Waals surface area contributed by atoms with Crippen molar-refractivity contribution in [1.29, 1.82) is 0 Å². The summed E-state index contributed by atoms with van der Waals surface area (Å²) in [7, 11) is 0. The first kappa shape index (κ1) is 18.4. The van der Waals surface area contributed by atoms with Crippen LogP contribution in [0.1, 0.15) is 25.7 Å². The molecule has 1 aromatic rings. The van der Waals surface area contributed by atoms with Gasteiger partial charge in [0.05, 0.1) is 11.8 Å². The van der Waals surface area contributed by atoms with Crippen LogP contribution in [0.3, 0.4) is 0 Å². The van der Waals surface area contributed by atoms with E-state index in [-0.39, 0.29) is 23.5 Å². The number of hydrogen-bond donors (Lipinski definition) is 3. The van der Waals surface area contributed by atoms with Gasteiger partial charge in [-0.15, -0.1) is 0 Å². The van der Waals surface area contributed by atoms with Crippen molar-refractivity contribution in [3.63, 3.8) is 0 Å². The Morgan fingerprint density at radius 3 is 2.75 bits per heavy atom. The molecule has 0 saturated heterocycles. The average molecular weight is 346 g/mol. The Kier molecular flexibility index (Phi) is 6.30. The van der Waals surface area contributed by atoms with Gasteiger partial charge in [-0.25, -0.2) is 4.79 Å². The van der Waals surface area contributed by atoms with Gasteiger partial charge >= 0.3 is 12.2 Å². The minimum Gasteiger partial charge on any atom is -0.482 e. The number of benzene rings is 1. The van der Waals surface area contributed by atoms with Crippen molar-refractivity contribution in [2.45, 2.75) is 38.0 Å². The van der Waals surface area contributed by atoms with Gasteiger partial charge in [-0.2, -0.15) is 13.2 Å². The van der Waals surface area contributed by atoms with Crippen LogP contribution in [-0.4, -0.2) is 36.6 Å². The van der Waals surface area contributed by atoms with E-state index in [9.17, 15) is 23.1 Å². The number of hydrogen-bond acceptors (Lipinski definition) is 3. The zero-order valence-electron chi connectivity index (χ0n) is 13.1. The highest BCUT2D eigenvalue weighted by Crippen LogP contribution is 2.26. The number of alkyl halides is 3. The standard InChI is InChI=1S/C16H21F3N2O3/c17-16(18,19)10-24-14-7-2-1-6-13(14)21-15(23)20-9-11-4-3-5-12(22)8-11/h1-2,6-7,11-12,22H,3-5,8-10H2,(H2,20,21,23). The Morgan fingerprint density at radius 1 is 1.29 bits per heavy atom. The number of rotatable bonds is 5. The highest BCUT2D eigenvalue weighted by Gasteiger charge is 2.29. The number of nitrogens with one attached hydrogen (secondary N) is 2. The van der Waals surface area contributed by atoms with Gasteiger partial charge in [-0.05, 0) is 37.3 Å². The smallest absolute Gasteiger partial charge is 0.422 e. The number of aliphatic hydroxyl groups excluding tert-OH is 1. The lowest BCUT2D eigenvalue weighted by atomic mass is 9.87. The largest absolute Gasteiger partial charge is 0.482 e. The maximum atomic E-state index is 12.2. The molecule has 0 spiro atoms. The summed E-state index contributed by atoms with van der Waals surface area (Å²) in [6.07, 6.45) is -1.49. The van der Waals surface area contributed by atoms with Crippen LogP contribution in [0.5, 0.6) is 5.75 Å². The summed E-state index contributed by atoms with van der Waals surface area (Å²) < 4.78 is 41.5. The lowest BCUT2D eigenvalue weighted by Crippen LogP contribution is -2.35. The second kappa shape index (κ2) is 8.23. The van der Waals surface area contributed by atoms with Crippen LogP contribution in [-0.2, 0) is 0 Å². The Labute approximate surface area is 138 Å². The molecule has 134 valence electrons. The molecule has 0 aliphatic heterocycles. The van der Waals surface area contributed by atoms with Crippen molar-refractivity contribution in [2.75, 3.05) is 18.5 Å². The molecule has 0 radical (unpaired) electrons. The summed E-state index contributed by atoms with van der Waals surface area (Å²) in [6.45, 7) is -1.01. The zero-order chi connectivity index (χ0) is 17.6. The molecule has 5 nitrogen and oxygen atoms in total. The van der Waals surface area contributed by atoms with Crippen LogP contribution >= 0.6 is 0 Å². The van der Waals surface area contributed by atoms with Gasteiger partial charge < -0.3 is 20.5 Å². The predicted octanol–water partition coefficient (Wildman–Crippen LogP) is 3.30. The number of amides is 2. The number of carbonyl (C=O) groups excluding carboxylic acids is 1. The van der Waals surface area contributed by atoms with Crippen LogP contribution in [0.4, 0.5) is 23.7 Å². The summed E-state index contributed by atoms with van der Waals surface area (Å²) in [5, 5.41) is 14.8. The predicted molar refractivity (Wildman–Crippen MR) is 83.0 cm³/mol. The average Bonchev–Trinajstić information content (AvgIpc) is 2.51. The van der Waals surface area contributed by atoms with E-state index in [2.05, 4.69) is 10.6 Å². The van der Waals surface area contributed by atoms with Crippen molar-refractivity contribution in [3.05, 3.63) is 24.3 Å². The van der Waals surface area contributed by atoms with Crippen LogP contribution in [0.2, 0.25) is 0 Å². The summed E-state index contributed by atoms with van der Waals surface area (Å²) in [4.78, 5) is 11.9. The Bertz CT molecular complexity index is 552. The van der Waals surface area contributed by atoms with Crippen molar-refractivity contribution >= 4 is 11.7 Å². The topological polar surface area (TPSA) is 70.6 Å². The van der Waals surface area contributed by atoms with Gasteiger partial charge in [-0.1, -0.05) is 18.6 Å². The molecular weight excluding hydrogens is 325 g/mol. The number of ether oxygens (including phenoxy) is 1. The van der Waals surface area contributed by atoms with E-state index in [1.54, 1.807) is 6.07 Å². The normalized spacial score (nSPS) is 21.2. The van der Waals surface area contributed by atoms with Crippen LogP contribution in [0, 0.1) is 5.92 Å². The molecule has 3 N–H and O–H groups in total. The van der Waals surface area contributed by atoms with Crippen molar-refractivity contribution in [1.82, 2.24) is 5.32 Å². The van der Waals surface area contributed by atoms with Crippen LogP contribution in [0.25, 0.3) is 0 Å². The molecule has 2 amide bonds. The van der Waals surface area contributed by atoms with Gasteiger partial charge in [0.15, 0.2) is 6.61 Å². The molecule has 0 aromatic heterocycles. The van der Waals surface area contributed by atoms with E-state index in [1.807, 2.05) is 0 Å². The minimum atomic E-state index is -4.45. The van der Waals surface area contributed by atoms with Gasteiger partial charge in [0, 0.05) is 6.54 Å². The second-order valence-electron chi connectivity index (χ2n) is 5.92. The third kappa shape index (κ3) is 6.27. The van der Waals surface area contributed by atoms with E-state index in [0.717, 1.165) is 19.3 Å². The number of urea groups is 1. The Morgan fingerprint density at radius 2 is 2.04 bits per heavy atom.